The summed E-state index contributed by atoms with van der Waals surface area (Å²) < 4.78 is 0. The van der Waals surface area contributed by atoms with E-state index in [0.717, 1.165) is 5.69 Å². The number of nitrogens with zero attached hydrogens (tertiary/aromatic N) is 1. The van der Waals surface area contributed by atoms with Crippen molar-refractivity contribution in [2.45, 2.75) is 19.9 Å². The van der Waals surface area contributed by atoms with E-state index in [2.05, 4.69) is 24.1 Å². The number of aromatic nitrogens is 1. The van der Waals surface area contributed by atoms with Crippen LogP contribution in [-0.2, 0) is 0 Å². The van der Waals surface area contributed by atoms with E-state index in [4.69, 9.17) is 5.73 Å². The Hall–Kier alpha value is -0.930. The fourth-order valence-corrected chi connectivity index (χ4v) is 1.60. The van der Waals surface area contributed by atoms with Crippen LogP contribution < -0.4 is 11.1 Å². The molecule has 0 aliphatic carbocycles. The van der Waals surface area contributed by atoms with Crippen molar-refractivity contribution in [3.8, 4) is 0 Å². The highest BCUT2D eigenvalue weighted by molar-refractivity contribution is 5.11. The van der Waals surface area contributed by atoms with E-state index in [1.807, 2.05) is 31.4 Å². The summed E-state index contributed by atoms with van der Waals surface area (Å²) in [6.45, 7) is 4.92. The molecule has 1 rings (SSSR count). The molecule has 0 saturated heterocycles. The molecular weight excluding hydrogens is 174 g/mol. The molecule has 3 nitrogen and oxygen atoms in total. The van der Waals surface area contributed by atoms with Gasteiger partial charge in [0.05, 0.1) is 11.7 Å². The van der Waals surface area contributed by atoms with Gasteiger partial charge in [-0.1, -0.05) is 19.9 Å². The Bertz CT molecular complexity index is 269. The van der Waals surface area contributed by atoms with E-state index < -0.39 is 0 Å². The molecule has 0 radical (unpaired) electrons. The molecule has 0 fully saturated rings. The van der Waals surface area contributed by atoms with Crippen molar-refractivity contribution in [1.29, 1.82) is 0 Å². The second-order valence-corrected chi connectivity index (χ2v) is 4.17. The predicted molar refractivity (Wildman–Crippen MR) is 58.9 cm³/mol. The van der Waals surface area contributed by atoms with Crippen molar-refractivity contribution in [2.24, 2.45) is 11.1 Å². The molecule has 0 aliphatic rings. The third-order valence-corrected chi connectivity index (χ3v) is 2.58. The molecule has 0 saturated carbocycles. The normalized spacial score (nSPS) is 14.0. The average molecular weight is 193 g/mol. The summed E-state index contributed by atoms with van der Waals surface area (Å²) in [4.78, 5) is 4.35. The summed E-state index contributed by atoms with van der Waals surface area (Å²) >= 11 is 0. The molecule has 0 amide bonds. The number of hydrogen-bond acceptors (Lipinski definition) is 3. The van der Waals surface area contributed by atoms with Gasteiger partial charge >= 0.3 is 0 Å². The average Bonchev–Trinajstić information content (AvgIpc) is 2.20. The van der Waals surface area contributed by atoms with Crippen LogP contribution in [0, 0.1) is 5.41 Å². The van der Waals surface area contributed by atoms with Crippen LogP contribution >= 0.6 is 0 Å². The Kier molecular flexibility index (Phi) is 3.61. The van der Waals surface area contributed by atoms with Crippen molar-refractivity contribution in [1.82, 2.24) is 10.3 Å². The van der Waals surface area contributed by atoms with Crippen molar-refractivity contribution in [3.63, 3.8) is 0 Å². The summed E-state index contributed by atoms with van der Waals surface area (Å²) in [5.41, 5.74) is 6.82. The minimum atomic E-state index is 0.0170. The highest BCUT2D eigenvalue weighted by atomic mass is 14.9. The highest BCUT2D eigenvalue weighted by Gasteiger charge is 2.28. The number of rotatable bonds is 4. The molecule has 14 heavy (non-hydrogen) atoms. The predicted octanol–water partition coefficient (Wildman–Crippen LogP) is 1.33. The lowest BCUT2D eigenvalue weighted by atomic mass is 9.82. The number of nitrogens with one attached hydrogen (secondary N) is 1. The lowest BCUT2D eigenvalue weighted by Crippen LogP contribution is -2.38. The number of nitrogens with two attached hydrogens (primary N) is 1. The lowest BCUT2D eigenvalue weighted by Gasteiger charge is -2.32. The molecule has 78 valence electrons. The monoisotopic (exact) mass is 193 g/mol. The van der Waals surface area contributed by atoms with E-state index in [-0.39, 0.29) is 11.5 Å². The Morgan fingerprint density at radius 2 is 2.21 bits per heavy atom. The lowest BCUT2D eigenvalue weighted by molar-refractivity contribution is 0.261. The molecule has 3 N–H and O–H groups in total. The smallest absolute Gasteiger partial charge is 0.0579 e. The molecule has 0 spiro atoms. The Balaban J connectivity index is 2.93. The molecule has 1 aromatic rings. The van der Waals surface area contributed by atoms with Gasteiger partial charge in [-0.25, -0.2) is 0 Å². The van der Waals surface area contributed by atoms with Crippen molar-refractivity contribution in [3.05, 3.63) is 30.1 Å². The van der Waals surface area contributed by atoms with Crippen molar-refractivity contribution in [2.75, 3.05) is 13.6 Å². The molecular formula is C11H19N3. The topological polar surface area (TPSA) is 50.9 Å². The van der Waals surface area contributed by atoms with Crippen molar-refractivity contribution < 1.29 is 0 Å². The van der Waals surface area contributed by atoms with Crippen molar-refractivity contribution >= 4 is 0 Å². The van der Waals surface area contributed by atoms with E-state index >= 15 is 0 Å². The molecule has 0 aromatic carbocycles. The minimum Gasteiger partial charge on any atom is -0.330 e. The first-order chi connectivity index (χ1) is 6.61. The molecule has 0 bridgehead atoms. The Morgan fingerprint density at radius 3 is 2.64 bits per heavy atom. The zero-order chi connectivity index (χ0) is 10.6. The second-order valence-electron chi connectivity index (χ2n) is 4.17. The first kappa shape index (κ1) is 11.1. The van der Waals surface area contributed by atoms with Crippen LogP contribution in [0.25, 0.3) is 0 Å². The van der Waals surface area contributed by atoms with Gasteiger partial charge in [0.1, 0.15) is 0 Å². The number of hydrogen-bond donors (Lipinski definition) is 2. The van der Waals surface area contributed by atoms with Crippen LogP contribution in [0.2, 0.25) is 0 Å². The summed E-state index contributed by atoms with van der Waals surface area (Å²) in [5.74, 6) is 0. The summed E-state index contributed by atoms with van der Waals surface area (Å²) in [5, 5.41) is 3.27. The SMILES string of the molecule is CNC(c1ccccn1)C(C)(C)CN. The largest absolute Gasteiger partial charge is 0.330 e. The molecule has 1 unspecified atom stereocenters. The quantitative estimate of drug-likeness (QED) is 0.758. The molecule has 0 aliphatic heterocycles. The van der Waals surface area contributed by atoms with Gasteiger partial charge in [-0.05, 0) is 31.1 Å². The van der Waals surface area contributed by atoms with E-state index in [1.165, 1.54) is 0 Å². The molecule has 3 heteroatoms. The van der Waals surface area contributed by atoms with Gasteiger partial charge in [0.2, 0.25) is 0 Å². The maximum Gasteiger partial charge on any atom is 0.0579 e. The maximum absolute atomic E-state index is 5.75. The Morgan fingerprint density at radius 1 is 1.50 bits per heavy atom. The summed E-state index contributed by atoms with van der Waals surface area (Å²) in [7, 11) is 1.94. The van der Waals surface area contributed by atoms with Gasteiger partial charge in [-0.15, -0.1) is 0 Å². The zero-order valence-electron chi connectivity index (χ0n) is 9.12. The van der Waals surface area contributed by atoms with E-state index in [0.29, 0.717) is 6.54 Å². The first-order valence-corrected chi connectivity index (χ1v) is 4.90. The minimum absolute atomic E-state index is 0.0170. The van der Waals surface area contributed by atoms with Crippen LogP contribution in [0.1, 0.15) is 25.6 Å². The highest BCUT2D eigenvalue weighted by Crippen LogP contribution is 2.30. The maximum atomic E-state index is 5.75. The van der Waals surface area contributed by atoms with Gasteiger partial charge in [-0.2, -0.15) is 0 Å². The third-order valence-electron chi connectivity index (χ3n) is 2.58. The second kappa shape index (κ2) is 4.53. The molecule has 1 heterocycles. The fraction of sp³-hybridized carbons (Fsp3) is 0.545. The molecule has 1 aromatic heterocycles. The zero-order valence-corrected chi connectivity index (χ0v) is 9.12. The van der Waals surface area contributed by atoms with Gasteiger partial charge < -0.3 is 11.1 Å². The fourth-order valence-electron chi connectivity index (χ4n) is 1.60. The third kappa shape index (κ3) is 2.30. The van der Waals surface area contributed by atoms with Crippen LogP contribution in [0.3, 0.4) is 0 Å². The standard InChI is InChI=1S/C11H19N3/c1-11(2,8-12)10(13-3)9-6-4-5-7-14-9/h4-7,10,13H,8,12H2,1-3H3. The molecule has 1 atom stereocenters. The van der Waals surface area contributed by atoms with Gasteiger partial charge in [0.15, 0.2) is 0 Å². The summed E-state index contributed by atoms with van der Waals surface area (Å²) in [6, 6.07) is 6.15. The van der Waals surface area contributed by atoms with E-state index in [1.54, 1.807) is 0 Å². The summed E-state index contributed by atoms with van der Waals surface area (Å²) in [6.07, 6.45) is 1.81. The van der Waals surface area contributed by atoms with Crippen LogP contribution in [0.4, 0.5) is 0 Å². The number of pyridine rings is 1. The van der Waals surface area contributed by atoms with E-state index in [9.17, 15) is 0 Å². The van der Waals surface area contributed by atoms with Gasteiger partial charge in [0.25, 0.3) is 0 Å². The van der Waals surface area contributed by atoms with Crippen LogP contribution in [0.5, 0.6) is 0 Å². The Labute approximate surface area is 85.7 Å². The first-order valence-electron chi connectivity index (χ1n) is 4.90. The van der Waals surface area contributed by atoms with Gasteiger partial charge in [-0.3, -0.25) is 4.98 Å². The van der Waals surface area contributed by atoms with Crippen LogP contribution in [0.15, 0.2) is 24.4 Å². The van der Waals surface area contributed by atoms with Gasteiger partial charge in [0, 0.05) is 6.20 Å². The van der Waals surface area contributed by atoms with Crippen LogP contribution in [-0.4, -0.2) is 18.6 Å².